The molecule has 1 amide bonds. The second kappa shape index (κ2) is 6.33. The van der Waals surface area contributed by atoms with Gasteiger partial charge in [0, 0.05) is 12.1 Å². The van der Waals surface area contributed by atoms with Crippen molar-refractivity contribution in [3.63, 3.8) is 0 Å². The number of carboxylic acid groups (broad SMARTS) is 1. The number of halogens is 3. The fourth-order valence-corrected chi connectivity index (χ4v) is 2.60. The van der Waals surface area contributed by atoms with Crippen LogP contribution < -0.4 is 10.6 Å². The van der Waals surface area contributed by atoms with Crippen molar-refractivity contribution in [2.45, 2.75) is 43.9 Å². The number of hydrogen-bond donors (Lipinski definition) is 4. The molecule has 0 spiro atoms. The Hall–Kier alpha value is -2.12. The lowest BCUT2D eigenvalue weighted by Gasteiger charge is -2.30. The number of nitrogens with one attached hydrogen (secondary N) is 2. The Morgan fingerprint density at radius 3 is 2.27 bits per heavy atom. The number of carbonyl (C=O) groups is 1. The van der Waals surface area contributed by atoms with Gasteiger partial charge in [0.05, 0.1) is 11.3 Å². The summed E-state index contributed by atoms with van der Waals surface area (Å²) in [5.41, 5.74) is -0.779. The Morgan fingerprint density at radius 2 is 1.73 bits per heavy atom. The highest BCUT2D eigenvalue weighted by molar-refractivity contribution is 5.64. The average Bonchev–Trinajstić information content (AvgIpc) is 2.41. The molecule has 0 radical (unpaired) electrons. The predicted molar refractivity (Wildman–Crippen MR) is 73.9 cm³/mol. The molecule has 0 heterocycles. The van der Waals surface area contributed by atoms with Gasteiger partial charge in [-0.2, -0.15) is 13.2 Å². The van der Waals surface area contributed by atoms with Crippen LogP contribution in [0.15, 0.2) is 18.2 Å². The molecular formula is C14H17F3N2O3. The van der Waals surface area contributed by atoms with Crippen molar-refractivity contribution in [2.75, 3.05) is 5.32 Å². The molecule has 0 saturated heterocycles. The number of aromatic hydroxyl groups is 1. The topological polar surface area (TPSA) is 81.6 Å². The van der Waals surface area contributed by atoms with Crippen LogP contribution in [0, 0.1) is 0 Å². The van der Waals surface area contributed by atoms with Crippen molar-refractivity contribution >= 4 is 11.8 Å². The lowest BCUT2D eigenvalue weighted by Crippen LogP contribution is -2.39. The second-order valence-electron chi connectivity index (χ2n) is 5.37. The second-order valence-corrected chi connectivity index (χ2v) is 5.37. The minimum absolute atomic E-state index is 0.0458. The number of benzene rings is 1. The van der Waals surface area contributed by atoms with E-state index in [9.17, 15) is 23.1 Å². The lowest BCUT2D eigenvalue weighted by molar-refractivity contribution is -0.137. The largest absolute Gasteiger partial charge is 0.506 e. The molecule has 1 aliphatic carbocycles. The number of rotatable bonds is 3. The molecule has 0 bridgehead atoms. The Kier molecular flexibility index (Phi) is 4.68. The van der Waals surface area contributed by atoms with E-state index in [2.05, 4.69) is 10.6 Å². The van der Waals surface area contributed by atoms with E-state index < -0.39 is 17.8 Å². The van der Waals surface area contributed by atoms with Gasteiger partial charge in [-0.1, -0.05) is 0 Å². The van der Waals surface area contributed by atoms with Gasteiger partial charge in [-0.05, 0) is 43.9 Å². The summed E-state index contributed by atoms with van der Waals surface area (Å²) in [4.78, 5) is 10.5. The third kappa shape index (κ3) is 4.19. The van der Waals surface area contributed by atoms with Crippen LogP contribution in [0.1, 0.15) is 31.2 Å². The fraction of sp³-hybridized carbons (Fsp3) is 0.500. The Morgan fingerprint density at radius 1 is 1.14 bits per heavy atom. The number of anilines is 1. The van der Waals surface area contributed by atoms with Crippen LogP contribution in [0.3, 0.4) is 0 Å². The first-order valence-corrected chi connectivity index (χ1v) is 6.92. The standard InChI is InChI=1S/C14H17F3N2O3/c15-14(16,17)8-1-6-12(20)11(7-8)18-9-2-4-10(5-3-9)19-13(21)22/h1,6-7,9-10,18-20H,2-5H2,(H,21,22). The quantitative estimate of drug-likeness (QED) is 0.644. The van der Waals surface area contributed by atoms with Crippen LogP contribution in [0.4, 0.5) is 23.7 Å². The number of alkyl halides is 3. The van der Waals surface area contributed by atoms with Crippen LogP contribution in [-0.2, 0) is 6.18 Å². The third-order valence-corrected chi connectivity index (χ3v) is 3.74. The van der Waals surface area contributed by atoms with E-state index in [1.165, 1.54) is 0 Å². The van der Waals surface area contributed by atoms with Gasteiger partial charge in [0.2, 0.25) is 0 Å². The summed E-state index contributed by atoms with van der Waals surface area (Å²) in [6.07, 6.45) is -3.12. The maximum atomic E-state index is 12.7. The van der Waals surface area contributed by atoms with Crippen molar-refractivity contribution in [2.24, 2.45) is 0 Å². The first kappa shape index (κ1) is 16.3. The van der Waals surface area contributed by atoms with Crippen LogP contribution in [0.5, 0.6) is 5.75 Å². The summed E-state index contributed by atoms with van der Waals surface area (Å²) in [5.74, 6) is -0.237. The minimum Gasteiger partial charge on any atom is -0.506 e. The molecule has 0 aromatic heterocycles. The van der Waals surface area contributed by atoms with E-state index in [0.717, 1.165) is 18.2 Å². The summed E-state index contributed by atoms with van der Waals surface area (Å²) >= 11 is 0. The number of phenolic OH excluding ortho intramolecular Hbond substituents is 1. The molecule has 1 aromatic carbocycles. The van der Waals surface area contributed by atoms with Gasteiger partial charge in [-0.3, -0.25) is 0 Å². The molecule has 2 rings (SSSR count). The van der Waals surface area contributed by atoms with Gasteiger partial charge >= 0.3 is 12.3 Å². The van der Waals surface area contributed by atoms with Crippen molar-refractivity contribution < 1.29 is 28.2 Å². The smallest absolute Gasteiger partial charge is 0.416 e. The summed E-state index contributed by atoms with van der Waals surface area (Å²) in [6, 6.07) is 2.50. The number of amides is 1. The highest BCUT2D eigenvalue weighted by atomic mass is 19.4. The highest BCUT2D eigenvalue weighted by Crippen LogP contribution is 2.35. The van der Waals surface area contributed by atoms with Crippen molar-refractivity contribution in [3.8, 4) is 5.75 Å². The summed E-state index contributed by atoms with van der Waals surface area (Å²) in [7, 11) is 0. The zero-order valence-electron chi connectivity index (χ0n) is 11.7. The van der Waals surface area contributed by atoms with Crippen LogP contribution in [-0.4, -0.2) is 28.4 Å². The van der Waals surface area contributed by atoms with Gasteiger partial charge in [-0.25, -0.2) is 4.79 Å². The zero-order valence-corrected chi connectivity index (χ0v) is 11.7. The molecular weight excluding hydrogens is 301 g/mol. The third-order valence-electron chi connectivity index (χ3n) is 3.74. The maximum Gasteiger partial charge on any atom is 0.416 e. The van der Waals surface area contributed by atoms with Gasteiger partial charge in [0.15, 0.2) is 0 Å². The van der Waals surface area contributed by atoms with Crippen molar-refractivity contribution in [1.29, 1.82) is 0 Å². The highest BCUT2D eigenvalue weighted by Gasteiger charge is 2.31. The van der Waals surface area contributed by atoms with Crippen molar-refractivity contribution in [1.82, 2.24) is 5.32 Å². The van der Waals surface area contributed by atoms with E-state index in [4.69, 9.17) is 5.11 Å². The Balaban J connectivity index is 1.99. The molecule has 1 aliphatic rings. The monoisotopic (exact) mass is 318 g/mol. The Labute approximate surface area is 125 Å². The van der Waals surface area contributed by atoms with Gasteiger partial charge in [0.25, 0.3) is 0 Å². The summed E-state index contributed by atoms with van der Waals surface area (Å²) in [5, 5.41) is 23.6. The van der Waals surface area contributed by atoms with Crippen LogP contribution in [0.2, 0.25) is 0 Å². The van der Waals surface area contributed by atoms with Gasteiger partial charge < -0.3 is 20.8 Å². The molecule has 22 heavy (non-hydrogen) atoms. The van der Waals surface area contributed by atoms with E-state index in [1.54, 1.807) is 0 Å². The molecule has 5 nitrogen and oxygen atoms in total. The number of phenols is 1. The molecule has 0 unspecified atom stereocenters. The van der Waals surface area contributed by atoms with E-state index >= 15 is 0 Å². The molecule has 122 valence electrons. The SMILES string of the molecule is O=C(O)NC1CCC(Nc2cc(C(F)(F)F)ccc2O)CC1. The minimum atomic E-state index is -4.47. The van der Waals surface area contributed by atoms with Gasteiger partial charge in [0.1, 0.15) is 5.75 Å². The van der Waals surface area contributed by atoms with E-state index in [1.807, 2.05) is 0 Å². The maximum absolute atomic E-state index is 12.7. The normalized spacial score (nSPS) is 22.1. The molecule has 1 aromatic rings. The van der Waals surface area contributed by atoms with Crippen LogP contribution in [0.25, 0.3) is 0 Å². The van der Waals surface area contributed by atoms with Crippen molar-refractivity contribution in [3.05, 3.63) is 23.8 Å². The predicted octanol–water partition coefficient (Wildman–Crippen LogP) is 3.40. The van der Waals surface area contributed by atoms with Gasteiger partial charge in [-0.15, -0.1) is 0 Å². The molecule has 8 heteroatoms. The van der Waals surface area contributed by atoms with E-state index in [0.29, 0.717) is 25.7 Å². The summed E-state index contributed by atoms with van der Waals surface area (Å²) in [6.45, 7) is 0. The first-order valence-electron chi connectivity index (χ1n) is 6.92. The molecule has 0 atom stereocenters. The molecule has 1 fully saturated rings. The average molecular weight is 318 g/mol. The molecule has 1 saturated carbocycles. The fourth-order valence-electron chi connectivity index (χ4n) is 2.60. The Bertz CT molecular complexity index is 541. The molecule has 0 aliphatic heterocycles. The summed E-state index contributed by atoms with van der Waals surface area (Å²) < 4.78 is 38.0. The lowest BCUT2D eigenvalue weighted by atomic mass is 9.91. The van der Waals surface area contributed by atoms with Crippen LogP contribution >= 0.6 is 0 Å². The molecule has 4 N–H and O–H groups in total. The number of hydrogen-bond acceptors (Lipinski definition) is 3. The zero-order chi connectivity index (χ0) is 16.3. The van der Waals surface area contributed by atoms with E-state index in [-0.39, 0.29) is 23.5 Å². The first-order chi connectivity index (χ1) is 10.3.